The van der Waals surface area contributed by atoms with Crippen LogP contribution < -0.4 is 0 Å². The molecule has 14 heavy (non-hydrogen) atoms. The largest absolute Gasteiger partial charge is 0.464 e. The van der Waals surface area contributed by atoms with Gasteiger partial charge < -0.3 is 4.42 Å². The van der Waals surface area contributed by atoms with E-state index in [4.69, 9.17) is 16.0 Å². The van der Waals surface area contributed by atoms with E-state index in [1.54, 1.807) is 6.26 Å². The zero-order chi connectivity index (χ0) is 9.54. The van der Waals surface area contributed by atoms with Crippen molar-refractivity contribution in [3.63, 3.8) is 0 Å². The number of furan rings is 1. The molecule has 0 fully saturated rings. The highest BCUT2D eigenvalue weighted by atomic mass is 35.5. The second kappa shape index (κ2) is 2.76. The van der Waals surface area contributed by atoms with Crippen LogP contribution in [-0.4, -0.2) is 0 Å². The van der Waals surface area contributed by atoms with Crippen LogP contribution >= 0.6 is 11.6 Å². The molecule has 0 aliphatic rings. The fourth-order valence-electron chi connectivity index (χ4n) is 1.75. The van der Waals surface area contributed by atoms with Crippen LogP contribution in [0.4, 0.5) is 0 Å². The molecule has 1 heterocycles. The minimum Gasteiger partial charge on any atom is -0.464 e. The van der Waals surface area contributed by atoms with Gasteiger partial charge in [0.05, 0.1) is 11.3 Å². The molecule has 68 valence electrons. The third-order valence-corrected chi connectivity index (χ3v) is 2.72. The number of fused-ring (bicyclic) bond motifs is 3. The topological polar surface area (TPSA) is 13.1 Å². The van der Waals surface area contributed by atoms with E-state index in [-0.39, 0.29) is 0 Å². The van der Waals surface area contributed by atoms with Crippen molar-refractivity contribution in [3.8, 4) is 0 Å². The molecule has 0 saturated carbocycles. The number of hydrogen-bond acceptors (Lipinski definition) is 1. The summed E-state index contributed by atoms with van der Waals surface area (Å²) in [6.45, 7) is 0. The Morgan fingerprint density at radius 1 is 1.00 bits per heavy atom. The first kappa shape index (κ1) is 7.89. The quantitative estimate of drug-likeness (QED) is 0.532. The molecule has 3 aromatic rings. The maximum Gasteiger partial charge on any atom is 0.143 e. The molecule has 0 aliphatic carbocycles. The maximum absolute atomic E-state index is 6.12. The summed E-state index contributed by atoms with van der Waals surface area (Å²) in [5.74, 6) is 0. The average Bonchev–Trinajstić information content (AvgIpc) is 2.67. The molecule has 0 aliphatic heterocycles. The van der Waals surface area contributed by atoms with E-state index in [9.17, 15) is 0 Å². The van der Waals surface area contributed by atoms with Crippen molar-refractivity contribution < 1.29 is 4.42 Å². The summed E-state index contributed by atoms with van der Waals surface area (Å²) in [6.07, 6.45) is 1.67. The molecule has 0 spiro atoms. The zero-order valence-electron chi connectivity index (χ0n) is 7.33. The lowest BCUT2D eigenvalue weighted by Crippen LogP contribution is -1.74. The fraction of sp³-hybridized carbons (Fsp3) is 0. The Morgan fingerprint density at radius 2 is 1.86 bits per heavy atom. The molecule has 3 rings (SSSR count). The summed E-state index contributed by atoms with van der Waals surface area (Å²) >= 11 is 6.12. The van der Waals surface area contributed by atoms with Crippen molar-refractivity contribution in [1.29, 1.82) is 0 Å². The highest BCUT2D eigenvalue weighted by molar-refractivity contribution is 6.37. The van der Waals surface area contributed by atoms with E-state index < -0.39 is 0 Å². The van der Waals surface area contributed by atoms with E-state index in [1.807, 2.05) is 36.4 Å². The second-order valence-corrected chi connectivity index (χ2v) is 3.65. The SMILES string of the molecule is Clc1cc2ccccc2c2occc12. The lowest BCUT2D eigenvalue weighted by molar-refractivity contribution is 0.619. The van der Waals surface area contributed by atoms with Crippen LogP contribution in [0.1, 0.15) is 0 Å². The third kappa shape index (κ3) is 0.962. The summed E-state index contributed by atoms with van der Waals surface area (Å²) in [5.41, 5.74) is 0.869. The molecule has 0 saturated heterocycles. The van der Waals surface area contributed by atoms with E-state index in [0.29, 0.717) is 0 Å². The van der Waals surface area contributed by atoms with Crippen LogP contribution in [0.2, 0.25) is 5.02 Å². The highest BCUT2D eigenvalue weighted by Crippen LogP contribution is 2.31. The van der Waals surface area contributed by atoms with Crippen LogP contribution in [0.25, 0.3) is 21.7 Å². The number of benzene rings is 2. The molecule has 0 unspecified atom stereocenters. The Bertz CT molecular complexity index is 610. The Balaban J connectivity index is 2.66. The molecule has 2 aromatic carbocycles. The summed E-state index contributed by atoms with van der Waals surface area (Å²) in [4.78, 5) is 0. The fourth-order valence-corrected chi connectivity index (χ4v) is 2.02. The van der Waals surface area contributed by atoms with Crippen molar-refractivity contribution in [2.75, 3.05) is 0 Å². The molecule has 0 atom stereocenters. The first-order chi connectivity index (χ1) is 6.86. The van der Waals surface area contributed by atoms with Gasteiger partial charge in [0, 0.05) is 10.8 Å². The van der Waals surface area contributed by atoms with Crippen molar-refractivity contribution in [3.05, 3.63) is 47.7 Å². The summed E-state index contributed by atoms with van der Waals surface area (Å²) < 4.78 is 5.43. The maximum atomic E-state index is 6.12. The Hall–Kier alpha value is -1.47. The van der Waals surface area contributed by atoms with Crippen LogP contribution in [0.3, 0.4) is 0 Å². The molecular weight excluding hydrogens is 196 g/mol. The average molecular weight is 203 g/mol. The lowest BCUT2D eigenvalue weighted by atomic mass is 10.1. The summed E-state index contributed by atoms with van der Waals surface area (Å²) in [5, 5.41) is 3.94. The van der Waals surface area contributed by atoms with Gasteiger partial charge in [-0.2, -0.15) is 0 Å². The second-order valence-electron chi connectivity index (χ2n) is 3.24. The van der Waals surface area contributed by atoms with E-state index in [1.165, 1.54) is 0 Å². The van der Waals surface area contributed by atoms with Gasteiger partial charge in [-0.15, -0.1) is 0 Å². The van der Waals surface area contributed by atoms with Gasteiger partial charge in [0.15, 0.2) is 0 Å². The van der Waals surface area contributed by atoms with Crippen LogP contribution in [-0.2, 0) is 0 Å². The standard InChI is InChI=1S/C12H7ClO/c13-11-7-8-3-1-2-4-9(8)12-10(11)5-6-14-12/h1-7H. The lowest BCUT2D eigenvalue weighted by Gasteiger charge is -1.99. The number of hydrogen-bond donors (Lipinski definition) is 0. The minimum absolute atomic E-state index is 0.743. The summed E-state index contributed by atoms with van der Waals surface area (Å²) in [7, 11) is 0. The zero-order valence-corrected chi connectivity index (χ0v) is 8.08. The van der Waals surface area contributed by atoms with Gasteiger partial charge in [-0.3, -0.25) is 0 Å². The van der Waals surface area contributed by atoms with Crippen molar-refractivity contribution in [2.24, 2.45) is 0 Å². The normalized spacial score (nSPS) is 11.2. The Morgan fingerprint density at radius 3 is 2.79 bits per heavy atom. The Labute approximate surface area is 85.9 Å². The molecule has 1 nitrogen and oxygen atoms in total. The number of rotatable bonds is 0. The van der Waals surface area contributed by atoms with Gasteiger partial charge in [-0.05, 0) is 17.5 Å². The number of halogens is 1. The molecule has 1 aromatic heterocycles. The smallest absolute Gasteiger partial charge is 0.143 e. The monoisotopic (exact) mass is 202 g/mol. The molecule has 0 radical (unpaired) electrons. The minimum atomic E-state index is 0.743. The van der Waals surface area contributed by atoms with Crippen LogP contribution in [0.15, 0.2) is 47.1 Å². The van der Waals surface area contributed by atoms with Gasteiger partial charge in [0.2, 0.25) is 0 Å². The first-order valence-corrected chi connectivity index (χ1v) is 4.78. The van der Waals surface area contributed by atoms with Gasteiger partial charge >= 0.3 is 0 Å². The van der Waals surface area contributed by atoms with Gasteiger partial charge in [-0.25, -0.2) is 0 Å². The van der Waals surface area contributed by atoms with Gasteiger partial charge in [0.25, 0.3) is 0 Å². The van der Waals surface area contributed by atoms with Crippen LogP contribution in [0.5, 0.6) is 0 Å². The van der Waals surface area contributed by atoms with Crippen molar-refractivity contribution >= 4 is 33.3 Å². The van der Waals surface area contributed by atoms with Crippen LogP contribution in [0, 0.1) is 0 Å². The molecule has 2 heteroatoms. The van der Waals surface area contributed by atoms with E-state index >= 15 is 0 Å². The van der Waals surface area contributed by atoms with Crippen molar-refractivity contribution in [2.45, 2.75) is 0 Å². The van der Waals surface area contributed by atoms with Gasteiger partial charge in [0.1, 0.15) is 5.58 Å². The van der Waals surface area contributed by atoms with E-state index in [0.717, 1.165) is 26.8 Å². The van der Waals surface area contributed by atoms with Gasteiger partial charge in [-0.1, -0.05) is 35.9 Å². The third-order valence-electron chi connectivity index (χ3n) is 2.41. The molecular formula is C12H7ClO. The molecule has 0 bridgehead atoms. The predicted molar refractivity (Wildman–Crippen MR) is 58.7 cm³/mol. The highest BCUT2D eigenvalue weighted by Gasteiger charge is 2.06. The summed E-state index contributed by atoms with van der Waals surface area (Å²) in [6, 6.07) is 11.9. The predicted octanol–water partition coefficient (Wildman–Crippen LogP) is 4.24. The molecule has 0 N–H and O–H groups in total. The Kier molecular flexibility index (Phi) is 1.55. The van der Waals surface area contributed by atoms with E-state index in [2.05, 4.69) is 0 Å². The molecule has 0 amide bonds. The van der Waals surface area contributed by atoms with Crippen molar-refractivity contribution in [1.82, 2.24) is 0 Å². The first-order valence-electron chi connectivity index (χ1n) is 4.41.